The molecule has 4 nitrogen and oxygen atoms in total. The normalized spacial score (nSPS) is 12.6. The predicted molar refractivity (Wildman–Crippen MR) is 87.2 cm³/mol. The van der Waals surface area contributed by atoms with Gasteiger partial charge in [-0.25, -0.2) is 4.99 Å². The number of thioether (sulfide) groups is 1. The van der Waals surface area contributed by atoms with E-state index in [-0.39, 0.29) is 0 Å². The first-order valence-corrected chi connectivity index (χ1v) is 7.32. The summed E-state index contributed by atoms with van der Waals surface area (Å²) in [6, 6.07) is 5.27. The molecule has 102 valence electrons. The largest absolute Gasteiger partial charge is 0.369 e. The van der Waals surface area contributed by atoms with E-state index in [2.05, 4.69) is 15.2 Å². The average Bonchev–Trinajstić information content (AvgIpc) is 2.36. The number of benzene rings is 1. The quantitative estimate of drug-likeness (QED) is 0.485. The lowest BCUT2D eigenvalue weighted by atomic mass is 10.2. The van der Waals surface area contributed by atoms with Crippen LogP contribution >= 0.6 is 35.0 Å². The zero-order chi connectivity index (χ0) is 14.3. The number of amidine groups is 1. The first-order valence-electron chi connectivity index (χ1n) is 5.34. The van der Waals surface area contributed by atoms with Crippen molar-refractivity contribution in [2.45, 2.75) is 0 Å². The zero-order valence-corrected chi connectivity index (χ0v) is 13.2. The predicted octanol–water partition coefficient (Wildman–Crippen LogP) is 3.64. The molecule has 0 radical (unpaired) electrons. The highest BCUT2D eigenvalue weighted by Gasteiger charge is 2.01. The van der Waals surface area contributed by atoms with E-state index < -0.39 is 0 Å². The fourth-order valence-corrected chi connectivity index (χ4v) is 1.83. The maximum atomic E-state index is 6.02. The van der Waals surface area contributed by atoms with Crippen LogP contribution in [0.15, 0.2) is 33.4 Å². The summed E-state index contributed by atoms with van der Waals surface area (Å²) in [4.78, 5) is 5.97. The Labute approximate surface area is 127 Å². The lowest BCUT2D eigenvalue weighted by Crippen LogP contribution is -2.08. The minimum Gasteiger partial charge on any atom is -0.369 e. The highest BCUT2D eigenvalue weighted by atomic mass is 35.5. The number of nitrogens with zero attached hydrogens (tertiary/aromatic N) is 4. The summed E-state index contributed by atoms with van der Waals surface area (Å²) in [7, 11) is 3.77. The molecular formula is C12H14Cl2N4S. The minimum atomic E-state index is 0.536. The van der Waals surface area contributed by atoms with Gasteiger partial charge in [0, 0.05) is 19.7 Å². The lowest BCUT2D eigenvalue weighted by molar-refractivity contribution is 0.644. The highest BCUT2D eigenvalue weighted by molar-refractivity contribution is 8.13. The van der Waals surface area contributed by atoms with Gasteiger partial charge in [0.1, 0.15) is 0 Å². The fourth-order valence-electron chi connectivity index (χ4n) is 1.05. The van der Waals surface area contributed by atoms with Crippen molar-refractivity contribution in [1.82, 2.24) is 4.90 Å². The molecule has 7 heteroatoms. The second-order valence-corrected chi connectivity index (χ2v) is 5.26. The van der Waals surface area contributed by atoms with Crippen molar-refractivity contribution in [2.75, 3.05) is 20.4 Å². The average molecular weight is 317 g/mol. The summed E-state index contributed by atoms with van der Waals surface area (Å²) in [5.41, 5.74) is 0.645. The Morgan fingerprint density at radius 1 is 1.26 bits per heavy atom. The molecule has 0 amide bonds. The van der Waals surface area contributed by atoms with E-state index in [4.69, 9.17) is 23.2 Å². The maximum absolute atomic E-state index is 6.02. The molecule has 0 unspecified atom stereocenters. The van der Waals surface area contributed by atoms with Crippen LogP contribution in [0, 0.1) is 0 Å². The minimum absolute atomic E-state index is 0.536. The third-order valence-corrected chi connectivity index (χ3v) is 3.12. The number of hydrogen-bond acceptors (Lipinski definition) is 3. The fraction of sp³-hybridized carbons (Fsp3) is 0.250. The van der Waals surface area contributed by atoms with Gasteiger partial charge >= 0.3 is 0 Å². The van der Waals surface area contributed by atoms with Crippen LogP contribution in [0.5, 0.6) is 0 Å². The van der Waals surface area contributed by atoms with E-state index in [0.29, 0.717) is 20.8 Å². The molecular weight excluding hydrogens is 303 g/mol. The second-order valence-electron chi connectivity index (χ2n) is 3.67. The van der Waals surface area contributed by atoms with Gasteiger partial charge in [-0.2, -0.15) is 5.10 Å². The SMILES string of the molecule is CSC(/N=C/N(C)C)=N/N=C/c1c(Cl)cccc1Cl. The van der Waals surface area contributed by atoms with Crippen LogP contribution in [0.3, 0.4) is 0 Å². The van der Waals surface area contributed by atoms with Gasteiger partial charge in [-0.3, -0.25) is 0 Å². The molecule has 0 aliphatic carbocycles. The molecule has 1 aromatic carbocycles. The standard InChI is InChI=1S/C12H14Cl2N4S/c1-18(2)8-15-12(19-3)17-16-7-9-10(13)5-4-6-11(9)14/h4-8H,1-3H3/b15-8+,16-7+,17-12+. The molecule has 0 atom stereocenters. The highest BCUT2D eigenvalue weighted by Crippen LogP contribution is 2.22. The third kappa shape index (κ3) is 5.63. The molecule has 0 aliphatic heterocycles. The van der Waals surface area contributed by atoms with Gasteiger partial charge in [0.2, 0.25) is 5.17 Å². The van der Waals surface area contributed by atoms with Gasteiger partial charge in [-0.1, -0.05) is 41.0 Å². The first-order chi connectivity index (χ1) is 9.04. The van der Waals surface area contributed by atoms with Crippen LogP contribution in [0.25, 0.3) is 0 Å². The Balaban J connectivity index is 2.86. The van der Waals surface area contributed by atoms with Crippen LogP contribution in [-0.2, 0) is 0 Å². The van der Waals surface area contributed by atoms with Crippen LogP contribution in [-0.4, -0.2) is 43.0 Å². The van der Waals surface area contributed by atoms with E-state index in [1.54, 1.807) is 24.5 Å². The van der Waals surface area contributed by atoms with Crippen molar-refractivity contribution in [3.05, 3.63) is 33.8 Å². The van der Waals surface area contributed by atoms with Crippen molar-refractivity contribution >= 4 is 52.7 Å². The zero-order valence-electron chi connectivity index (χ0n) is 10.8. The topological polar surface area (TPSA) is 40.3 Å². The van der Waals surface area contributed by atoms with E-state index in [1.807, 2.05) is 25.3 Å². The van der Waals surface area contributed by atoms with Gasteiger partial charge in [0.25, 0.3) is 0 Å². The van der Waals surface area contributed by atoms with Crippen molar-refractivity contribution in [1.29, 1.82) is 0 Å². The molecule has 1 aromatic rings. The summed E-state index contributed by atoms with van der Waals surface area (Å²) < 4.78 is 0. The Hall–Kier alpha value is -1.04. The van der Waals surface area contributed by atoms with Crippen LogP contribution < -0.4 is 0 Å². The number of hydrogen-bond donors (Lipinski definition) is 0. The summed E-state index contributed by atoms with van der Waals surface area (Å²) in [6.45, 7) is 0. The molecule has 0 bridgehead atoms. The molecule has 1 rings (SSSR count). The monoisotopic (exact) mass is 316 g/mol. The van der Waals surface area contributed by atoms with Gasteiger partial charge < -0.3 is 4.90 Å². The van der Waals surface area contributed by atoms with Crippen molar-refractivity contribution < 1.29 is 0 Å². The van der Waals surface area contributed by atoms with Gasteiger partial charge in [0.15, 0.2) is 0 Å². The van der Waals surface area contributed by atoms with Crippen LogP contribution in [0.2, 0.25) is 10.0 Å². The van der Waals surface area contributed by atoms with Gasteiger partial charge in [-0.15, -0.1) is 5.10 Å². The molecule has 0 fully saturated rings. The molecule has 0 saturated carbocycles. The molecule has 0 heterocycles. The number of aliphatic imine (C=N–C) groups is 1. The Kier molecular flexibility index (Phi) is 6.91. The van der Waals surface area contributed by atoms with Gasteiger partial charge in [-0.05, 0) is 18.4 Å². The molecule has 0 saturated heterocycles. The van der Waals surface area contributed by atoms with Crippen molar-refractivity contribution in [3.63, 3.8) is 0 Å². The smallest absolute Gasteiger partial charge is 0.210 e. The van der Waals surface area contributed by atoms with Crippen molar-refractivity contribution in [3.8, 4) is 0 Å². The summed E-state index contributed by atoms with van der Waals surface area (Å²) in [5, 5.41) is 9.57. The number of halogens is 2. The van der Waals surface area contributed by atoms with Crippen LogP contribution in [0.1, 0.15) is 5.56 Å². The van der Waals surface area contributed by atoms with Crippen LogP contribution in [0.4, 0.5) is 0 Å². The first kappa shape index (κ1) is 16.0. The van der Waals surface area contributed by atoms with Crippen molar-refractivity contribution in [2.24, 2.45) is 15.2 Å². The number of rotatable bonds is 3. The Morgan fingerprint density at radius 3 is 2.42 bits per heavy atom. The molecule has 0 N–H and O–H groups in total. The van der Waals surface area contributed by atoms with E-state index >= 15 is 0 Å². The molecule has 0 aromatic heterocycles. The van der Waals surface area contributed by atoms with E-state index in [0.717, 1.165) is 0 Å². The van der Waals surface area contributed by atoms with Gasteiger partial charge in [0.05, 0.1) is 22.6 Å². The van der Waals surface area contributed by atoms with E-state index in [9.17, 15) is 0 Å². The molecule has 19 heavy (non-hydrogen) atoms. The van der Waals surface area contributed by atoms with E-state index in [1.165, 1.54) is 18.0 Å². The third-order valence-electron chi connectivity index (χ3n) is 1.91. The molecule has 0 spiro atoms. The maximum Gasteiger partial charge on any atom is 0.210 e. The second kappa shape index (κ2) is 8.19. The lowest BCUT2D eigenvalue weighted by Gasteiger charge is -2.01. The summed E-state index contributed by atoms with van der Waals surface area (Å²) >= 11 is 13.4. The molecule has 0 aliphatic rings. The Bertz CT molecular complexity index is 492. The summed E-state index contributed by atoms with van der Waals surface area (Å²) in [6.07, 6.45) is 5.06. The summed E-state index contributed by atoms with van der Waals surface area (Å²) in [5.74, 6) is 0. The Morgan fingerprint density at radius 2 is 1.89 bits per heavy atom.